The number of aromatic nitrogens is 5. The van der Waals surface area contributed by atoms with Crippen LogP contribution in [0.5, 0.6) is 0 Å². The zero-order chi connectivity index (χ0) is 13.0. The Labute approximate surface area is 107 Å². The zero-order valence-corrected chi connectivity index (χ0v) is 11.2. The second-order valence-electron chi connectivity index (χ2n) is 4.38. The van der Waals surface area contributed by atoms with E-state index in [1.54, 1.807) is 6.33 Å². The molecule has 0 aromatic carbocycles. The van der Waals surface area contributed by atoms with Crippen molar-refractivity contribution in [2.75, 3.05) is 0 Å². The molecule has 2 rings (SSSR count). The first-order valence-electron chi connectivity index (χ1n) is 6.27. The summed E-state index contributed by atoms with van der Waals surface area (Å²) in [7, 11) is 1.96. The molecule has 0 saturated carbocycles. The highest BCUT2D eigenvalue weighted by Crippen LogP contribution is 2.05. The van der Waals surface area contributed by atoms with Crippen LogP contribution in [-0.4, -0.2) is 24.5 Å². The molecule has 0 saturated heterocycles. The highest BCUT2D eigenvalue weighted by molar-refractivity contribution is 5.15. The van der Waals surface area contributed by atoms with E-state index in [2.05, 4.69) is 34.3 Å². The maximum Gasteiger partial charge on any atom is 0.140 e. The van der Waals surface area contributed by atoms with E-state index in [1.807, 2.05) is 22.6 Å². The van der Waals surface area contributed by atoms with Gasteiger partial charge in [-0.05, 0) is 13.3 Å². The van der Waals surface area contributed by atoms with Gasteiger partial charge in [-0.15, -0.1) is 0 Å². The number of hydrogen-bond acceptors (Lipinski definition) is 4. The Kier molecular flexibility index (Phi) is 4.09. The number of nitrogens with one attached hydrogen (secondary N) is 1. The summed E-state index contributed by atoms with van der Waals surface area (Å²) in [5, 5.41) is 11.8. The van der Waals surface area contributed by atoms with Crippen LogP contribution >= 0.6 is 0 Å². The van der Waals surface area contributed by atoms with Crippen molar-refractivity contribution in [3.8, 4) is 0 Å². The van der Waals surface area contributed by atoms with Crippen molar-refractivity contribution in [3.63, 3.8) is 0 Å². The van der Waals surface area contributed by atoms with E-state index in [1.165, 1.54) is 11.3 Å². The van der Waals surface area contributed by atoms with Crippen LogP contribution in [0.4, 0.5) is 0 Å². The Morgan fingerprint density at radius 1 is 1.28 bits per heavy atom. The van der Waals surface area contributed by atoms with Crippen molar-refractivity contribution < 1.29 is 0 Å². The molecule has 2 heterocycles. The number of nitrogens with zero attached hydrogens (tertiary/aromatic N) is 5. The van der Waals surface area contributed by atoms with Crippen LogP contribution in [-0.2, 0) is 26.7 Å². The molecule has 2 aromatic heterocycles. The minimum atomic E-state index is 0.730. The molecule has 0 atom stereocenters. The average Bonchev–Trinajstić information content (AvgIpc) is 2.92. The van der Waals surface area contributed by atoms with E-state index in [-0.39, 0.29) is 0 Å². The maximum atomic E-state index is 4.26. The van der Waals surface area contributed by atoms with Gasteiger partial charge >= 0.3 is 0 Å². The molecule has 0 aliphatic carbocycles. The summed E-state index contributed by atoms with van der Waals surface area (Å²) < 4.78 is 3.83. The molecular formula is C12H20N6. The first kappa shape index (κ1) is 12.8. The molecule has 2 aromatic rings. The molecule has 6 heteroatoms. The molecule has 0 unspecified atom stereocenters. The lowest BCUT2D eigenvalue weighted by atomic mass is 10.2. The van der Waals surface area contributed by atoms with Gasteiger partial charge in [0.25, 0.3) is 0 Å². The van der Waals surface area contributed by atoms with Crippen LogP contribution in [0, 0.1) is 6.92 Å². The molecule has 0 radical (unpaired) electrons. The molecule has 0 amide bonds. The summed E-state index contributed by atoms with van der Waals surface area (Å²) in [4.78, 5) is 4.26. The van der Waals surface area contributed by atoms with Crippen LogP contribution < -0.4 is 5.32 Å². The third-order valence-corrected chi connectivity index (χ3v) is 3.07. The highest BCUT2D eigenvalue weighted by atomic mass is 15.3. The Hall–Kier alpha value is -1.69. The Morgan fingerprint density at radius 3 is 2.78 bits per heavy atom. The third kappa shape index (κ3) is 2.76. The molecular weight excluding hydrogens is 228 g/mol. The van der Waals surface area contributed by atoms with Gasteiger partial charge in [0, 0.05) is 31.4 Å². The zero-order valence-electron chi connectivity index (χ0n) is 11.2. The fourth-order valence-electron chi connectivity index (χ4n) is 1.85. The first-order chi connectivity index (χ1) is 8.72. The lowest BCUT2D eigenvalue weighted by Gasteiger charge is -2.06. The third-order valence-electron chi connectivity index (χ3n) is 3.07. The van der Waals surface area contributed by atoms with Crippen LogP contribution in [0.25, 0.3) is 0 Å². The van der Waals surface area contributed by atoms with Crippen molar-refractivity contribution >= 4 is 0 Å². The van der Waals surface area contributed by atoms with E-state index < -0.39 is 0 Å². The molecule has 1 N–H and O–H groups in total. The smallest absolute Gasteiger partial charge is 0.140 e. The molecule has 0 spiro atoms. The van der Waals surface area contributed by atoms with Gasteiger partial charge in [-0.1, -0.05) is 6.92 Å². The molecule has 0 aliphatic rings. The fraction of sp³-hybridized carbons (Fsp3) is 0.583. The summed E-state index contributed by atoms with van der Waals surface area (Å²) >= 11 is 0. The van der Waals surface area contributed by atoms with Gasteiger partial charge in [0.05, 0.1) is 12.7 Å². The topological polar surface area (TPSA) is 60.6 Å². The lowest BCUT2D eigenvalue weighted by molar-refractivity contribution is 0.542. The first-order valence-corrected chi connectivity index (χ1v) is 6.27. The Bertz CT molecular complexity index is 498. The second-order valence-corrected chi connectivity index (χ2v) is 4.38. The van der Waals surface area contributed by atoms with Crippen molar-refractivity contribution in [2.45, 2.75) is 39.9 Å². The maximum absolute atomic E-state index is 4.26. The Balaban J connectivity index is 1.88. The Morgan fingerprint density at radius 2 is 2.11 bits per heavy atom. The van der Waals surface area contributed by atoms with Crippen molar-refractivity contribution in [2.24, 2.45) is 7.05 Å². The summed E-state index contributed by atoms with van der Waals surface area (Å²) in [5.74, 6) is 0.985. The predicted molar refractivity (Wildman–Crippen MR) is 68.8 cm³/mol. The predicted octanol–water partition coefficient (Wildman–Crippen LogP) is 1.02. The van der Waals surface area contributed by atoms with Crippen molar-refractivity contribution in [1.29, 1.82) is 0 Å². The van der Waals surface area contributed by atoms with Gasteiger partial charge in [0.1, 0.15) is 12.2 Å². The van der Waals surface area contributed by atoms with Gasteiger partial charge in [-0.2, -0.15) is 10.2 Å². The van der Waals surface area contributed by atoms with Gasteiger partial charge in [-0.3, -0.25) is 4.68 Å². The number of hydrogen-bond donors (Lipinski definition) is 1. The molecule has 0 bridgehead atoms. The molecule has 0 aliphatic heterocycles. The van der Waals surface area contributed by atoms with E-state index >= 15 is 0 Å². The van der Waals surface area contributed by atoms with E-state index in [9.17, 15) is 0 Å². The quantitative estimate of drug-likeness (QED) is 0.829. The largest absolute Gasteiger partial charge is 0.306 e. The van der Waals surface area contributed by atoms with Gasteiger partial charge in [0.15, 0.2) is 0 Å². The van der Waals surface area contributed by atoms with Crippen LogP contribution in [0.3, 0.4) is 0 Å². The molecule has 0 fully saturated rings. The SMILES string of the molecule is CCCn1ncnc1CNCc1cnn(C)c1C. The van der Waals surface area contributed by atoms with E-state index in [0.717, 1.165) is 31.9 Å². The number of aryl methyl sites for hydroxylation is 2. The average molecular weight is 248 g/mol. The van der Waals surface area contributed by atoms with Gasteiger partial charge in [0.2, 0.25) is 0 Å². The standard InChI is InChI=1S/C12H20N6/c1-4-5-18-12(14-9-16-18)8-13-6-11-7-15-17(3)10(11)2/h7,9,13H,4-6,8H2,1-3H3. The second kappa shape index (κ2) is 5.77. The van der Waals surface area contributed by atoms with Crippen LogP contribution in [0.2, 0.25) is 0 Å². The minimum absolute atomic E-state index is 0.730. The molecule has 98 valence electrons. The van der Waals surface area contributed by atoms with Gasteiger partial charge < -0.3 is 5.32 Å². The van der Waals surface area contributed by atoms with E-state index in [0.29, 0.717) is 0 Å². The summed E-state index contributed by atoms with van der Waals surface area (Å²) in [6.45, 7) is 6.66. The summed E-state index contributed by atoms with van der Waals surface area (Å²) in [6.07, 6.45) is 4.58. The summed E-state index contributed by atoms with van der Waals surface area (Å²) in [5.41, 5.74) is 2.41. The van der Waals surface area contributed by atoms with Crippen molar-refractivity contribution in [1.82, 2.24) is 29.9 Å². The molecule has 6 nitrogen and oxygen atoms in total. The number of rotatable bonds is 6. The van der Waals surface area contributed by atoms with E-state index in [4.69, 9.17) is 0 Å². The highest BCUT2D eigenvalue weighted by Gasteiger charge is 2.05. The normalized spacial score (nSPS) is 11.1. The fourth-order valence-corrected chi connectivity index (χ4v) is 1.85. The molecule has 18 heavy (non-hydrogen) atoms. The minimum Gasteiger partial charge on any atom is -0.306 e. The summed E-state index contributed by atoms with van der Waals surface area (Å²) in [6, 6.07) is 0. The lowest BCUT2D eigenvalue weighted by Crippen LogP contribution is -2.17. The monoisotopic (exact) mass is 248 g/mol. The van der Waals surface area contributed by atoms with Crippen LogP contribution in [0.15, 0.2) is 12.5 Å². The van der Waals surface area contributed by atoms with Gasteiger partial charge in [-0.25, -0.2) is 9.67 Å². The van der Waals surface area contributed by atoms with Crippen LogP contribution in [0.1, 0.15) is 30.4 Å². The van der Waals surface area contributed by atoms with Crippen molar-refractivity contribution in [3.05, 3.63) is 29.6 Å².